The summed E-state index contributed by atoms with van der Waals surface area (Å²) < 4.78 is 37.8. The van der Waals surface area contributed by atoms with Crippen molar-refractivity contribution in [1.29, 1.82) is 0 Å². The molecule has 0 saturated carbocycles. The number of amides is 1. The first-order chi connectivity index (χ1) is 16.2. The van der Waals surface area contributed by atoms with Gasteiger partial charge in [-0.1, -0.05) is 22.9 Å². The molecule has 1 aromatic heterocycles. The lowest BCUT2D eigenvalue weighted by atomic mass is 10.2. The minimum atomic E-state index is -3.52. The molecule has 0 fully saturated rings. The minimum absolute atomic E-state index is 0.0140. The standard InChI is InChI=1S/C23H25ClN2O6S2/c1-3-32-13-12-26-19-11-6-16(22(28)31-2)15-20(19)33-23(26)25-21(27)5-4-14-34(29,30)18-9-7-17(24)8-10-18/h6-11,15H,3-5,12-14H2,1-2H3. The van der Waals surface area contributed by atoms with E-state index >= 15 is 0 Å². The summed E-state index contributed by atoms with van der Waals surface area (Å²) in [5.74, 6) is -1.04. The fourth-order valence-electron chi connectivity index (χ4n) is 3.26. The van der Waals surface area contributed by atoms with Crippen molar-refractivity contribution in [3.8, 4) is 0 Å². The van der Waals surface area contributed by atoms with E-state index in [4.69, 9.17) is 21.1 Å². The number of methoxy groups -OCH3 is 1. The molecule has 3 rings (SSSR count). The molecule has 3 aromatic rings. The molecule has 0 aliphatic carbocycles. The number of aromatic nitrogens is 1. The number of esters is 1. The zero-order valence-electron chi connectivity index (χ0n) is 18.8. The Morgan fingerprint density at radius 3 is 2.56 bits per heavy atom. The van der Waals surface area contributed by atoms with Crippen LogP contribution in [0, 0.1) is 0 Å². The van der Waals surface area contributed by atoms with Gasteiger partial charge in [0.2, 0.25) is 5.91 Å². The van der Waals surface area contributed by atoms with Crippen LogP contribution < -0.4 is 4.80 Å². The summed E-state index contributed by atoms with van der Waals surface area (Å²) >= 11 is 7.09. The Balaban J connectivity index is 1.79. The fraction of sp³-hybridized carbons (Fsp3) is 0.348. The third kappa shape index (κ3) is 6.53. The lowest BCUT2D eigenvalue weighted by Gasteiger charge is -2.06. The van der Waals surface area contributed by atoms with Crippen LogP contribution in [0.5, 0.6) is 0 Å². The molecule has 182 valence electrons. The summed E-state index contributed by atoms with van der Waals surface area (Å²) in [5.41, 5.74) is 1.22. The normalized spacial score (nSPS) is 12.3. The van der Waals surface area contributed by atoms with Gasteiger partial charge in [-0.2, -0.15) is 4.99 Å². The molecular weight excluding hydrogens is 500 g/mol. The first kappa shape index (κ1) is 26.1. The summed E-state index contributed by atoms with van der Waals surface area (Å²) in [7, 11) is -2.20. The smallest absolute Gasteiger partial charge is 0.337 e. The van der Waals surface area contributed by atoms with Gasteiger partial charge < -0.3 is 14.0 Å². The van der Waals surface area contributed by atoms with Crippen molar-refractivity contribution in [3.63, 3.8) is 0 Å². The molecule has 0 saturated heterocycles. The lowest BCUT2D eigenvalue weighted by molar-refractivity contribution is -0.118. The summed E-state index contributed by atoms with van der Waals surface area (Å²) in [6.07, 6.45) is 0.129. The molecule has 0 aliphatic rings. The van der Waals surface area contributed by atoms with E-state index in [9.17, 15) is 18.0 Å². The number of hydrogen-bond acceptors (Lipinski definition) is 7. The molecule has 0 N–H and O–H groups in total. The molecule has 0 spiro atoms. The molecule has 34 heavy (non-hydrogen) atoms. The van der Waals surface area contributed by atoms with Crippen molar-refractivity contribution in [3.05, 3.63) is 57.9 Å². The zero-order valence-corrected chi connectivity index (χ0v) is 21.2. The van der Waals surface area contributed by atoms with Crippen LogP contribution >= 0.6 is 22.9 Å². The van der Waals surface area contributed by atoms with E-state index < -0.39 is 21.7 Å². The largest absolute Gasteiger partial charge is 0.465 e. The van der Waals surface area contributed by atoms with E-state index in [1.54, 1.807) is 18.2 Å². The van der Waals surface area contributed by atoms with E-state index in [0.717, 1.165) is 10.2 Å². The number of benzene rings is 2. The predicted octanol–water partition coefficient (Wildman–Crippen LogP) is 3.86. The third-order valence-corrected chi connectivity index (χ3v) is 8.07. The number of ether oxygens (including phenoxy) is 2. The average molecular weight is 525 g/mol. The topological polar surface area (TPSA) is 104 Å². The molecule has 0 bridgehead atoms. The Labute approximate surface area is 206 Å². The predicted molar refractivity (Wildman–Crippen MR) is 131 cm³/mol. The van der Waals surface area contributed by atoms with Gasteiger partial charge in [0.05, 0.1) is 40.1 Å². The zero-order chi connectivity index (χ0) is 24.7. The summed E-state index contributed by atoms with van der Waals surface area (Å²) in [5, 5.41) is 0.451. The number of rotatable bonds is 10. The molecule has 0 unspecified atom stereocenters. The van der Waals surface area contributed by atoms with E-state index in [2.05, 4.69) is 4.99 Å². The van der Waals surface area contributed by atoms with Crippen molar-refractivity contribution < 1.29 is 27.5 Å². The van der Waals surface area contributed by atoms with Crippen molar-refractivity contribution in [2.75, 3.05) is 26.1 Å². The second-order valence-corrected chi connectivity index (χ2v) is 10.8. The quantitative estimate of drug-likeness (QED) is 0.294. The highest BCUT2D eigenvalue weighted by Gasteiger charge is 2.16. The molecular formula is C23H25ClN2O6S2. The molecule has 2 aromatic carbocycles. The number of hydrogen-bond donors (Lipinski definition) is 0. The SMILES string of the molecule is CCOCCn1c(=NC(=O)CCCS(=O)(=O)c2ccc(Cl)cc2)sc2cc(C(=O)OC)ccc21. The van der Waals surface area contributed by atoms with Crippen molar-refractivity contribution >= 4 is 54.9 Å². The summed E-state index contributed by atoms with van der Waals surface area (Å²) in [6, 6.07) is 11.1. The maximum atomic E-state index is 12.6. The van der Waals surface area contributed by atoms with Crippen LogP contribution in [0.25, 0.3) is 10.2 Å². The van der Waals surface area contributed by atoms with Gasteiger partial charge in [0.1, 0.15) is 0 Å². The minimum Gasteiger partial charge on any atom is -0.465 e. The monoisotopic (exact) mass is 524 g/mol. The first-order valence-electron chi connectivity index (χ1n) is 10.6. The van der Waals surface area contributed by atoms with Gasteiger partial charge in [-0.25, -0.2) is 13.2 Å². The molecule has 0 atom stereocenters. The van der Waals surface area contributed by atoms with E-state index in [1.807, 2.05) is 11.5 Å². The van der Waals surface area contributed by atoms with E-state index in [-0.39, 0.29) is 23.5 Å². The Morgan fingerprint density at radius 2 is 1.88 bits per heavy atom. The maximum absolute atomic E-state index is 12.6. The highest BCUT2D eigenvalue weighted by molar-refractivity contribution is 7.91. The second kappa shape index (κ2) is 11.7. The summed E-state index contributed by atoms with van der Waals surface area (Å²) in [4.78, 5) is 29.3. The van der Waals surface area contributed by atoms with Crippen LogP contribution in [-0.2, 0) is 30.7 Å². The molecule has 11 heteroatoms. The van der Waals surface area contributed by atoms with Gasteiger partial charge in [-0.05, 0) is 55.8 Å². The summed E-state index contributed by atoms with van der Waals surface area (Å²) in [6.45, 7) is 3.36. The van der Waals surface area contributed by atoms with Gasteiger partial charge in [0, 0.05) is 24.6 Å². The van der Waals surface area contributed by atoms with Crippen LogP contribution in [0.2, 0.25) is 5.02 Å². The highest BCUT2D eigenvalue weighted by Crippen LogP contribution is 2.20. The van der Waals surface area contributed by atoms with Crippen molar-refractivity contribution in [2.24, 2.45) is 4.99 Å². The Morgan fingerprint density at radius 1 is 1.15 bits per heavy atom. The van der Waals surface area contributed by atoms with Crippen LogP contribution in [0.1, 0.15) is 30.1 Å². The van der Waals surface area contributed by atoms with Gasteiger partial charge in [0.15, 0.2) is 14.6 Å². The van der Waals surface area contributed by atoms with E-state index in [0.29, 0.717) is 35.1 Å². The number of carbonyl (C=O) groups excluding carboxylic acids is 2. The third-order valence-electron chi connectivity index (χ3n) is 4.96. The first-order valence-corrected chi connectivity index (χ1v) is 13.4. The number of nitrogens with zero attached hydrogens (tertiary/aromatic N) is 2. The van der Waals surface area contributed by atoms with Crippen LogP contribution in [0.3, 0.4) is 0 Å². The van der Waals surface area contributed by atoms with Gasteiger partial charge in [-0.15, -0.1) is 0 Å². The Kier molecular flexibility index (Phi) is 9.01. The highest BCUT2D eigenvalue weighted by atomic mass is 35.5. The van der Waals surface area contributed by atoms with Crippen LogP contribution in [-0.4, -0.2) is 50.9 Å². The molecule has 1 heterocycles. The number of thiazole rings is 1. The van der Waals surface area contributed by atoms with Crippen LogP contribution in [0.15, 0.2) is 52.4 Å². The lowest BCUT2D eigenvalue weighted by Crippen LogP contribution is -2.20. The molecule has 0 aliphatic heterocycles. The number of sulfone groups is 1. The number of halogens is 1. The van der Waals surface area contributed by atoms with E-state index in [1.165, 1.54) is 42.7 Å². The van der Waals surface area contributed by atoms with Crippen LogP contribution in [0.4, 0.5) is 0 Å². The fourth-order valence-corrected chi connectivity index (χ4v) is 5.80. The van der Waals surface area contributed by atoms with Gasteiger partial charge in [-0.3, -0.25) is 4.79 Å². The van der Waals surface area contributed by atoms with Gasteiger partial charge in [0.25, 0.3) is 0 Å². The number of carbonyl (C=O) groups is 2. The average Bonchev–Trinajstić information content (AvgIpc) is 3.14. The maximum Gasteiger partial charge on any atom is 0.337 e. The second-order valence-electron chi connectivity index (χ2n) is 7.29. The molecule has 8 nitrogen and oxygen atoms in total. The van der Waals surface area contributed by atoms with Gasteiger partial charge >= 0.3 is 5.97 Å². The van der Waals surface area contributed by atoms with Crippen molar-refractivity contribution in [2.45, 2.75) is 31.2 Å². The Bertz CT molecular complexity index is 1340. The van der Waals surface area contributed by atoms with Crippen molar-refractivity contribution in [1.82, 2.24) is 4.57 Å². The number of fused-ring (bicyclic) bond motifs is 1. The Hall–Kier alpha value is -2.53. The molecule has 0 radical (unpaired) electrons. The molecule has 1 amide bonds.